The zero-order chi connectivity index (χ0) is 22.7. The molecule has 3 aromatic carbocycles. The predicted molar refractivity (Wildman–Crippen MR) is 134 cm³/mol. The van der Waals surface area contributed by atoms with Gasteiger partial charge >= 0.3 is 0 Å². The average Bonchev–Trinajstić information content (AvgIpc) is 2.84. The lowest BCUT2D eigenvalue weighted by Gasteiger charge is -2.33. The second-order valence-corrected chi connectivity index (χ2v) is 11.1. The summed E-state index contributed by atoms with van der Waals surface area (Å²) in [5, 5.41) is 15.1. The summed E-state index contributed by atoms with van der Waals surface area (Å²) in [5.41, 5.74) is 1.72. The van der Waals surface area contributed by atoms with Crippen LogP contribution in [0.2, 0.25) is 0 Å². The Morgan fingerprint density at radius 2 is 1.69 bits per heavy atom. The highest BCUT2D eigenvalue weighted by Crippen LogP contribution is 2.62. The first kappa shape index (κ1) is 22.5. The number of allylic oxidation sites excluding steroid dienone is 4. The van der Waals surface area contributed by atoms with E-state index in [1.165, 1.54) is 7.11 Å². The van der Waals surface area contributed by atoms with Crippen molar-refractivity contribution in [3.05, 3.63) is 95.8 Å². The van der Waals surface area contributed by atoms with Crippen molar-refractivity contribution >= 4 is 28.9 Å². The van der Waals surface area contributed by atoms with E-state index < -0.39 is 19.1 Å². The summed E-state index contributed by atoms with van der Waals surface area (Å²) in [4.78, 5) is 2.03. The third-order valence-corrected chi connectivity index (χ3v) is 9.46. The van der Waals surface area contributed by atoms with Gasteiger partial charge in [0.05, 0.1) is 0 Å². The quantitative estimate of drug-likeness (QED) is 0.463. The van der Waals surface area contributed by atoms with Gasteiger partial charge < -0.3 is 19.3 Å². The summed E-state index contributed by atoms with van der Waals surface area (Å²) in [6, 6.07) is 21.4. The Hall–Kier alpha value is -2.65. The monoisotopic (exact) mass is 447 g/mol. The van der Waals surface area contributed by atoms with E-state index in [-0.39, 0.29) is 0 Å². The topological polar surface area (TPSA) is 49.8 Å². The summed E-state index contributed by atoms with van der Waals surface area (Å²) in [7, 11) is 2.20. The van der Waals surface area contributed by atoms with Crippen molar-refractivity contribution in [1.29, 1.82) is 0 Å². The third-order valence-electron chi connectivity index (χ3n) is 6.08. The zero-order valence-corrected chi connectivity index (χ0v) is 19.7. The molecule has 3 aromatic rings. The lowest BCUT2D eigenvalue weighted by molar-refractivity contribution is 0.0360. The molecule has 0 aromatic heterocycles. The van der Waals surface area contributed by atoms with Gasteiger partial charge in [-0.25, -0.2) is 0 Å². The van der Waals surface area contributed by atoms with E-state index in [0.29, 0.717) is 5.30 Å². The Balaban J connectivity index is 1.91. The Morgan fingerprint density at radius 1 is 0.969 bits per heavy atom. The summed E-state index contributed by atoms with van der Waals surface area (Å²) in [6.45, 7) is 0. The number of rotatable bonds is 7. The minimum Gasteiger partial charge on any atom is -0.385 e. The van der Waals surface area contributed by atoms with Crippen molar-refractivity contribution < 1.29 is 14.4 Å². The molecule has 1 aliphatic rings. The molecule has 0 bridgehead atoms. The van der Waals surface area contributed by atoms with Crippen LogP contribution in [0.4, 0.5) is 5.69 Å². The molecule has 1 aliphatic carbocycles. The van der Waals surface area contributed by atoms with Crippen LogP contribution in [0.5, 0.6) is 0 Å². The van der Waals surface area contributed by atoms with Gasteiger partial charge in [-0.3, -0.25) is 0 Å². The molecule has 0 saturated heterocycles. The molecule has 0 saturated carbocycles. The Kier molecular flexibility index (Phi) is 6.66. The lowest BCUT2D eigenvalue weighted by atomic mass is 9.98. The summed E-state index contributed by atoms with van der Waals surface area (Å²) in [5.74, 6) is -0.917. The normalized spacial score (nSPS) is 17.4. The van der Waals surface area contributed by atoms with E-state index in [9.17, 15) is 9.67 Å². The molecule has 4 nitrogen and oxygen atoms in total. The number of benzene rings is 3. The van der Waals surface area contributed by atoms with Gasteiger partial charge in [-0.2, -0.15) is 0 Å². The lowest BCUT2D eigenvalue weighted by Crippen LogP contribution is -2.27. The van der Waals surface area contributed by atoms with Crippen molar-refractivity contribution in [2.45, 2.75) is 24.8 Å². The molecule has 32 heavy (non-hydrogen) atoms. The number of fused-ring (bicyclic) bond motifs is 1. The second-order valence-electron chi connectivity index (χ2n) is 8.29. The van der Waals surface area contributed by atoms with Crippen molar-refractivity contribution in [2.24, 2.45) is 0 Å². The van der Waals surface area contributed by atoms with Gasteiger partial charge in [0.15, 0.2) is 7.14 Å². The van der Waals surface area contributed by atoms with Crippen LogP contribution in [0.3, 0.4) is 0 Å². The van der Waals surface area contributed by atoms with Gasteiger partial charge in [0.2, 0.25) is 0 Å². The fourth-order valence-electron chi connectivity index (χ4n) is 4.54. The predicted octanol–water partition coefficient (Wildman–Crippen LogP) is 5.83. The highest BCUT2D eigenvalue weighted by Gasteiger charge is 2.43. The van der Waals surface area contributed by atoms with Crippen LogP contribution in [0.1, 0.15) is 24.5 Å². The van der Waals surface area contributed by atoms with Crippen LogP contribution in [0.15, 0.2) is 90.3 Å². The molecule has 0 heterocycles. The number of aliphatic hydroxyl groups excluding tert-OH is 1. The molecule has 3 atom stereocenters. The van der Waals surface area contributed by atoms with Gasteiger partial charge in [-0.05, 0) is 29.9 Å². The number of hydrogen-bond donors (Lipinski definition) is 1. The van der Waals surface area contributed by atoms with Crippen LogP contribution in [-0.4, -0.2) is 32.2 Å². The average molecular weight is 448 g/mol. The zero-order valence-electron chi connectivity index (χ0n) is 18.8. The standard InChI is InChI=1S/C27H30NO3P/c1-28(2)24-19-11-13-20-12-10-18-23(25(20)24)26(29)27(31-3)32(30,21-14-6-4-7-15-21)22-16-8-5-9-17-22/h4,6-8,10-19,26-27,29H,5,9H2,1-3H3/t26-,27-,32?/m0/s1. The molecular weight excluding hydrogens is 417 g/mol. The fraction of sp³-hybridized carbons (Fsp3) is 0.259. The first-order chi connectivity index (χ1) is 15.5. The Bertz CT molecular complexity index is 1190. The molecule has 1 N–H and O–H groups in total. The van der Waals surface area contributed by atoms with Gasteiger partial charge in [0.25, 0.3) is 0 Å². The van der Waals surface area contributed by atoms with Gasteiger partial charge in [-0.15, -0.1) is 0 Å². The highest BCUT2D eigenvalue weighted by atomic mass is 31.2. The van der Waals surface area contributed by atoms with Crippen LogP contribution < -0.4 is 10.2 Å². The van der Waals surface area contributed by atoms with Crippen LogP contribution in [0.25, 0.3) is 10.8 Å². The molecule has 5 heteroatoms. The largest absolute Gasteiger partial charge is 0.385 e. The molecule has 1 unspecified atom stereocenters. The van der Waals surface area contributed by atoms with Crippen LogP contribution in [0, 0.1) is 0 Å². The van der Waals surface area contributed by atoms with E-state index in [4.69, 9.17) is 4.74 Å². The Labute approximate surface area is 190 Å². The summed E-state index contributed by atoms with van der Waals surface area (Å²) < 4.78 is 20.7. The summed E-state index contributed by atoms with van der Waals surface area (Å²) in [6.07, 6.45) is 6.69. The number of nitrogens with zero attached hydrogens (tertiary/aromatic N) is 1. The van der Waals surface area contributed by atoms with E-state index in [1.807, 2.05) is 104 Å². The Morgan fingerprint density at radius 3 is 2.31 bits per heavy atom. The van der Waals surface area contributed by atoms with Gasteiger partial charge in [-0.1, -0.05) is 78.9 Å². The van der Waals surface area contributed by atoms with Crippen molar-refractivity contribution in [3.8, 4) is 0 Å². The second kappa shape index (κ2) is 9.46. The van der Waals surface area contributed by atoms with Gasteiger partial charge in [0, 0.05) is 42.9 Å². The minimum absolute atomic E-state index is 0.691. The van der Waals surface area contributed by atoms with Crippen molar-refractivity contribution in [2.75, 3.05) is 26.1 Å². The molecule has 0 amide bonds. The van der Waals surface area contributed by atoms with E-state index in [2.05, 4.69) is 0 Å². The third kappa shape index (κ3) is 3.95. The van der Waals surface area contributed by atoms with Crippen molar-refractivity contribution in [1.82, 2.24) is 0 Å². The van der Waals surface area contributed by atoms with E-state index >= 15 is 0 Å². The maximum absolute atomic E-state index is 14.9. The molecule has 0 aliphatic heterocycles. The molecule has 4 rings (SSSR count). The fourth-order valence-corrected chi connectivity index (χ4v) is 7.62. The van der Waals surface area contributed by atoms with Gasteiger partial charge in [0.1, 0.15) is 11.9 Å². The van der Waals surface area contributed by atoms with Crippen molar-refractivity contribution in [3.63, 3.8) is 0 Å². The highest BCUT2D eigenvalue weighted by molar-refractivity contribution is 7.76. The molecule has 166 valence electrons. The SMILES string of the molecule is CO[C@H]([C@@H](O)c1cccc2cccc(N(C)C)c12)P(=O)(C1=CCCC=C1)c1ccccc1. The summed E-state index contributed by atoms with van der Waals surface area (Å²) >= 11 is 0. The molecule has 0 radical (unpaired) electrons. The number of hydrogen-bond acceptors (Lipinski definition) is 4. The molecular formula is C27H30NO3P. The number of aliphatic hydroxyl groups is 1. The smallest absolute Gasteiger partial charge is 0.173 e. The van der Waals surface area contributed by atoms with E-state index in [1.54, 1.807) is 0 Å². The molecule has 0 fully saturated rings. The number of anilines is 1. The minimum atomic E-state index is -3.31. The number of methoxy groups -OCH3 is 1. The molecule has 0 spiro atoms. The maximum Gasteiger partial charge on any atom is 0.173 e. The van der Waals surface area contributed by atoms with Crippen LogP contribution >= 0.6 is 7.14 Å². The first-order valence-electron chi connectivity index (χ1n) is 10.9. The number of ether oxygens (including phenoxy) is 1. The first-order valence-corrected chi connectivity index (χ1v) is 12.7. The maximum atomic E-state index is 14.9. The van der Waals surface area contributed by atoms with Crippen LogP contribution in [-0.2, 0) is 9.30 Å². The van der Waals surface area contributed by atoms with E-state index in [0.717, 1.165) is 40.2 Å².